The molecule has 0 spiro atoms. The second kappa shape index (κ2) is 8.12. The third kappa shape index (κ3) is 4.08. The molecule has 150 valence electrons. The van der Waals surface area contributed by atoms with Crippen molar-refractivity contribution in [2.24, 2.45) is 5.92 Å². The van der Waals surface area contributed by atoms with Crippen LogP contribution in [0.25, 0.3) is 5.69 Å². The molecule has 1 heterocycles. The first-order valence-corrected chi connectivity index (χ1v) is 9.66. The first-order chi connectivity index (χ1) is 13.3. The molecule has 1 unspecified atom stereocenters. The molecule has 1 aliphatic carbocycles. The maximum atomic E-state index is 13.3. The highest BCUT2D eigenvalue weighted by molar-refractivity contribution is 5.97. The van der Waals surface area contributed by atoms with Gasteiger partial charge in [-0.3, -0.25) is 9.59 Å². The lowest BCUT2D eigenvalue weighted by atomic mass is 10.0. The molecule has 1 N–H and O–H groups in total. The van der Waals surface area contributed by atoms with Gasteiger partial charge in [0.25, 0.3) is 5.91 Å². The number of rotatable bonds is 6. The minimum Gasteiger partial charge on any atom is -0.347 e. The van der Waals surface area contributed by atoms with E-state index in [4.69, 9.17) is 0 Å². The number of fused-ring (bicyclic) bond motifs is 1. The fraction of sp³-hybridized carbons (Fsp3) is 0.476. The van der Waals surface area contributed by atoms with Crippen molar-refractivity contribution in [3.05, 3.63) is 47.0 Å². The molecule has 0 fully saturated rings. The van der Waals surface area contributed by atoms with Crippen LogP contribution in [0.5, 0.6) is 0 Å². The largest absolute Gasteiger partial charge is 0.347 e. The second-order valence-corrected chi connectivity index (χ2v) is 7.90. The van der Waals surface area contributed by atoms with Gasteiger partial charge in [-0.1, -0.05) is 13.8 Å². The number of carbonyl (C=O) groups excluding carboxylic acids is 2. The molecule has 0 bridgehead atoms. The van der Waals surface area contributed by atoms with Crippen LogP contribution >= 0.6 is 0 Å². The Morgan fingerprint density at radius 2 is 1.89 bits per heavy atom. The molecule has 2 amide bonds. The van der Waals surface area contributed by atoms with Crippen molar-refractivity contribution in [1.29, 1.82) is 0 Å². The van der Waals surface area contributed by atoms with E-state index >= 15 is 0 Å². The van der Waals surface area contributed by atoms with Crippen molar-refractivity contribution < 1.29 is 14.0 Å². The third-order valence-corrected chi connectivity index (χ3v) is 4.97. The topological polar surface area (TPSA) is 67.2 Å². The van der Waals surface area contributed by atoms with E-state index in [1.54, 1.807) is 30.9 Å². The molecule has 7 heteroatoms. The van der Waals surface area contributed by atoms with Crippen LogP contribution in [-0.2, 0) is 17.6 Å². The Bertz CT molecular complexity index is 871. The number of halogens is 1. The van der Waals surface area contributed by atoms with Gasteiger partial charge >= 0.3 is 0 Å². The van der Waals surface area contributed by atoms with Gasteiger partial charge in [0, 0.05) is 25.4 Å². The van der Waals surface area contributed by atoms with Gasteiger partial charge in [0.2, 0.25) is 5.91 Å². The predicted molar refractivity (Wildman–Crippen MR) is 105 cm³/mol. The smallest absolute Gasteiger partial charge is 0.272 e. The van der Waals surface area contributed by atoms with Crippen LogP contribution < -0.4 is 5.32 Å². The van der Waals surface area contributed by atoms with Crippen molar-refractivity contribution in [3.8, 4) is 5.69 Å². The third-order valence-electron chi connectivity index (χ3n) is 4.97. The minimum absolute atomic E-state index is 0.128. The predicted octanol–water partition coefficient (Wildman–Crippen LogP) is 2.73. The van der Waals surface area contributed by atoms with Gasteiger partial charge in [-0.05, 0) is 55.9 Å². The summed E-state index contributed by atoms with van der Waals surface area (Å²) in [6.45, 7) is 4.03. The Balaban J connectivity index is 1.90. The van der Waals surface area contributed by atoms with Crippen LogP contribution in [0.1, 0.15) is 48.4 Å². The molecule has 1 aromatic heterocycles. The van der Waals surface area contributed by atoms with Gasteiger partial charge in [-0.15, -0.1) is 0 Å². The number of carbonyl (C=O) groups is 2. The SMILES string of the molecule is CC(C)CC(NC(=O)c1nn(-c2ccc(F)cc2)c2c1CCC2)C(=O)N(C)C. The van der Waals surface area contributed by atoms with Gasteiger partial charge in [0.05, 0.1) is 5.69 Å². The molecule has 0 aliphatic heterocycles. The van der Waals surface area contributed by atoms with Crippen LogP contribution in [0.3, 0.4) is 0 Å². The van der Waals surface area contributed by atoms with Crippen LogP contribution in [0, 0.1) is 11.7 Å². The molecule has 1 atom stereocenters. The molecule has 28 heavy (non-hydrogen) atoms. The summed E-state index contributed by atoms with van der Waals surface area (Å²) in [6, 6.07) is 5.48. The molecule has 0 saturated carbocycles. The van der Waals surface area contributed by atoms with Crippen molar-refractivity contribution >= 4 is 11.8 Å². The Labute approximate surface area is 164 Å². The summed E-state index contributed by atoms with van der Waals surface area (Å²) >= 11 is 0. The highest BCUT2D eigenvalue weighted by Crippen LogP contribution is 2.28. The molecule has 2 aromatic rings. The van der Waals surface area contributed by atoms with Crippen molar-refractivity contribution in [3.63, 3.8) is 0 Å². The van der Waals surface area contributed by atoms with E-state index < -0.39 is 6.04 Å². The monoisotopic (exact) mass is 386 g/mol. The van der Waals surface area contributed by atoms with Gasteiger partial charge in [-0.2, -0.15) is 5.10 Å². The number of benzene rings is 1. The second-order valence-electron chi connectivity index (χ2n) is 7.90. The van der Waals surface area contributed by atoms with Gasteiger partial charge < -0.3 is 10.2 Å². The lowest BCUT2D eigenvalue weighted by molar-refractivity contribution is -0.131. The summed E-state index contributed by atoms with van der Waals surface area (Å²) in [5.74, 6) is -0.516. The quantitative estimate of drug-likeness (QED) is 0.830. The molecule has 0 radical (unpaired) electrons. The molecule has 6 nitrogen and oxygen atoms in total. The van der Waals surface area contributed by atoms with E-state index in [0.717, 1.165) is 36.2 Å². The summed E-state index contributed by atoms with van der Waals surface area (Å²) < 4.78 is 15.0. The summed E-state index contributed by atoms with van der Waals surface area (Å²) in [4.78, 5) is 27.0. The number of hydrogen-bond acceptors (Lipinski definition) is 3. The fourth-order valence-electron chi connectivity index (χ4n) is 3.65. The Morgan fingerprint density at radius 3 is 2.50 bits per heavy atom. The van der Waals surface area contributed by atoms with Crippen LogP contribution in [-0.4, -0.2) is 46.6 Å². The summed E-state index contributed by atoms with van der Waals surface area (Å²) in [5.41, 5.74) is 2.98. The van der Waals surface area contributed by atoms with E-state index in [0.29, 0.717) is 12.1 Å². The lowest BCUT2D eigenvalue weighted by Crippen LogP contribution is -2.47. The zero-order chi connectivity index (χ0) is 20.4. The average Bonchev–Trinajstić information content (AvgIpc) is 3.23. The summed E-state index contributed by atoms with van der Waals surface area (Å²) in [5, 5.41) is 7.41. The number of hydrogen-bond donors (Lipinski definition) is 1. The highest BCUT2D eigenvalue weighted by atomic mass is 19.1. The minimum atomic E-state index is -0.587. The molecule has 1 aromatic carbocycles. The van der Waals surface area contributed by atoms with Crippen LogP contribution in [0.4, 0.5) is 4.39 Å². The number of nitrogens with zero attached hydrogens (tertiary/aromatic N) is 3. The first kappa shape index (κ1) is 20.0. The van der Waals surface area contributed by atoms with E-state index in [-0.39, 0.29) is 23.5 Å². The average molecular weight is 386 g/mol. The lowest BCUT2D eigenvalue weighted by Gasteiger charge is -2.23. The van der Waals surface area contributed by atoms with Crippen LogP contribution in [0.15, 0.2) is 24.3 Å². The number of aromatic nitrogens is 2. The first-order valence-electron chi connectivity index (χ1n) is 9.66. The Hall–Kier alpha value is -2.70. The van der Waals surface area contributed by atoms with E-state index in [1.807, 2.05) is 13.8 Å². The Kier molecular flexibility index (Phi) is 5.82. The maximum Gasteiger partial charge on any atom is 0.272 e. The van der Waals surface area contributed by atoms with Gasteiger partial charge in [0.1, 0.15) is 11.9 Å². The molecular formula is C21H27FN4O2. The van der Waals surface area contributed by atoms with Gasteiger partial charge in [-0.25, -0.2) is 9.07 Å². The fourth-order valence-corrected chi connectivity index (χ4v) is 3.65. The molecular weight excluding hydrogens is 359 g/mol. The summed E-state index contributed by atoms with van der Waals surface area (Å²) in [6.07, 6.45) is 3.10. The van der Waals surface area contributed by atoms with E-state index in [9.17, 15) is 14.0 Å². The maximum absolute atomic E-state index is 13.3. The van der Waals surface area contributed by atoms with E-state index in [1.165, 1.54) is 17.0 Å². The van der Waals surface area contributed by atoms with E-state index in [2.05, 4.69) is 10.4 Å². The standard InChI is InChI=1S/C21H27FN4O2/c1-13(2)12-17(21(28)25(3)4)23-20(27)19-16-6-5-7-18(16)26(24-19)15-10-8-14(22)9-11-15/h8-11,13,17H,5-7,12H2,1-4H3,(H,23,27). The molecule has 0 saturated heterocycles. The van der Waals surface area contributed by atoms with Crippen molar-refractivity contribution in [2.45, 2.75) is 45.6 Å². The highest BCUT2D eigenvalue weighted by Gasteiger charge is 2.30. The zero-order valence-corrected chi connectivity index (χ0v) is 16.8. The number of nitrogens with one attached hydrogen (secondary N) is 1. The molecule has 3 rings (SSSR count). The summed E-state index contributed by atoms with van der Waals surface area (Å²) in [7, 11) is 3.37. The number of likely N-dealkylation sites (N-methyl/N-ethyl adjacent to an activating group) is 1. The van der Waals surface area contributed by atoms with Crippen molar-refractivity contribution in [2.75, 3.05) is 14.1 Å². The Morgan fingerprint density at radius 1 is 1.21 bits per heavy atom. The number of amides is 2. The normalized spacial score (nSPS) is 14.1. The van der Waals surface area contributed by atoms with Crippen molar-refractivity contribution in [1.82, 2.24) is 20.0 Å². The zero-order valence-electron chi connectivity index (χ0n) is 16.8. The molecule has 1 aliphatic rings. The van der Waals surface area contributed by atoms with Crippen LogP contribution in [0.2, 0.25) is 0 Å². The van der Waals surface area contributed by atoms with Gasteiger partial charge in [0.15, 0.2) is 5.69 Å².